The molecule has 0 bridgehead atoms. The lowest BCUT2D eigenvalue weighted by atomic mass is 10.0. The molecule has 0 saturated carbocycles. The quantitative estimate of drug-likeness (QED) is 0.907. The monoisotopic (exact) mass is 280 g/mol. The number of benzene rings is 1. The molecule has 0 radical (unpaired) electrons. The number of aromatic nitrogens is 1. The van der Waals surface area contributed by atoms with Gasteiger partial charge in [-0.3, -0.25) is 14.8 Å². The number of fused-ring (bicyclic) bond motifs is 1. The van der Waals surface area contributed by atoms with Crippen LogP contribution in [0.25, 0.3) is 0 Å². The van der Waals surface area contributed by atoms with Crippen LogP contribution in [0.4, 0.5) is 5.69 Å². The fourth-order valence-corrected chi connectivity index (χ4v) is 2.48. The van der Waals surface area contributed by atoms with Crippen LogP contribution >= 0.6 is 0 Å². The van der Waals surface area contributed by atoms with E-state index in [0.29, 0.717) is 18.0 Å². The van der Waals surface area contributed by atoms with Crippen LogP contribution in [0.5, 0.6) is 0 Å². The van der Waals surface area contributed by atoms with Gasteiger partial charge in [0.2, 0.25) is 0 Å². The van der Waals surface area contributed by atoms with E-state index in [1.165, 1.54) is 0 Å². The number of amides is 1. The second-order valence-corrected chi connectivity index (χ2v) is 4.74. The number of pyridine rings is 1. The van der Waals surface area contributed by atoms with Crippen LogP contribution in [0.1, 0.15) is 18.2 Å². The number of benzodiazepines with no additional fused rings is 1. The minimum atomic E-state index is -0.908. The summed E-state index contributed by atoms with van der Waals surface area (Å²) in [6.07, 6.45) is 0.797. The van der Waals surface area contributed by atoms with Gasteiger partial charge in [0, 0.05) is 18.3 Å². The highest BCUT2D eigenvalue weighted by Gasteiger charge is 2.28. The number of para-hydroxylation sites is 1. The maximum atomic E-state index is 12.4. The van der Waals surface area contributed by atoms with Gasteiger partial charge in [0.05, 0.1) is 17.1 Å². The minimum Gasteiger partial charge on any atom is -0.309 e. The molecule has 21 heavy (non-hydrogen) atoms. The summed E-state index contributed by atoms with van der Waals surface area (Å²) in [6, 6.07) is 13.3. The smallest absolute Gasteiger partial charge is 0.266 e. The third-order valence-corrected chi connectivity index (χ3v) is 3.46. The number of nitrogens with zero attached hydrogens (tertiary/aromatic N) is 3. The van der Waals surface area contributed by atoms with Crippen molar-refractivity contribution in [2.75, 3.05) is 11.4 Å². The predicted octanol–water partition coefficient (Wildman–Crippen LogP) is 1.57. The van der Waals surface area contributed by atoms with Gasteiger partial charge >= 0.3 is 0 Å². The zero-order chi connectivity index (χ0) is 14.8. The molecule has 5 heteroatoms. The first-order valence-corrected chi connectivity index (χ1v) is 6.88. The number of aliphatic imine (C=N–C) groups is 1. The SMILES string of the molecule is CCN1C(=O)C(N)N=C(c2ccccn2)c2ccccc21. The van der Waals surface area contributed by atoms with E-state index in [-0.39, 0.29) is 5.91 Å². The number of carbonyl (C=O) groups excluding carboxylic acids is 1. The van der Waals surface area contributed by atoms with E-state index in [4.69, 9.17) is 5.73 Å². The molecule has 1 aromatic heterocycles. The van der Waals surface area contributed by atoms with Crippen molar-refractivity contribution in [3.05, 3.63) is 59.9 Å². The Balaban J connectivity index is 2.24. The first-order valence-electron chi connectivity index (χ1n) is 6.88. The van der Waals surface area contributed by atoms with Crippen molar-refractivity contribution in [1.29, 1.82) is 0 Å². The molecule has 1 unspecified atom stereocenters. The van der Waals surface area contributed by atoms with E-state index in [2.05, 4.69) is 9.98 Å². The fraction of sp³-hybridized carbons (Fsp3) is 0.188. The molecule has 1 aromatic carbocycles. The second kappa shape index (κ2) is 5.46. The van der Waals surface area contributed by atoms with Crippen molar-refractivity contribution in [1.82, 2.24) is 4.98 Å². The highest BCUT2D eigenvalue weighted by molar-refractivity contribution is 6.19. The lowest BCUT2D eigenvalue weighted by molar-refractivity contribution is -0.119. The summed E-state index contributed by atoms with van der Waals surface area (Å²) in [5, 5.41) is 0. The molecule has 1 amide bonds. The summed E-state index contributed by atoms with van der Waals surface area (Å²) >= 11 is 0. The number of likely N-dealkylation sites (N-methyl/N-ethyl adjacent to an activating group) is 1. The molecule has 2 aromatic rings. The van der Waals surface area contributed by atoms with Crippen LogP contribution in [0.2, 0.25) is 0 Å². The number of rotatable bonds is 2. The molecule has 1 aliphatic heterocycles. The topological polar surface area (TPSA) is 71.6 Å². The van der Waals surface area contributed by atoms with Crippen LogP contribution in [0, 0.1) is 0 Å². The van der Waals surface area contributed by atoms with Crippen molar-refractivity contribution in [2.45, 2.75) is 13.1 Å². The number of hydrogen-bond acceptors (Lipinski definition) is 4. The number of anilines is 1. The summed E-state index contributed by atoms with van der Waals surface area (Å²) in [7, 11) is 0. The Morgan fingerprint density at radius 3 is 2.67 bits per heavy atom. The molecule has 5 nitrogen and oxygen atoms in total. The Kier molecular flexibility index (Phi) is 3.50. The maximum absolute atomic E-state index is 12.4. The molecular weight excluding hydrogens is 264 g/mol. The number of hydrogen-bond donors (Lipinski definition) is 1. The highest BCUT2D eigenvalue weighted by Crippen LogP contribution is 2.26. The van der Waals surface area contributed by atoms with E-state index >= 15 is 0 Å². The summed E-state index contributed by atoms with van der Waals surface area (Å²) in [6.45, 7) is 2.47. The molecule has 1 aliphatic rings. The van der Waals surface area contributed by atoms with Gasteiger partial charge in [0.1, 0.15) is 0 Å². The molecule has 2 N–H and O–H groups in total. The Labute approximate surface area is 123 Å². The lowest BCUT2D eigenvalue weighted by Gasteiger charge is -2.22. The van der Waals surface area contributed by atoms with Crippen LogP contribution in [0.15, 0.2) is 53.7 Å². The van der Waals surface area contributed by atoms with E-state index < -0.39 is 6.17 Å². The van der Waals surface area contributed by atoms with Crippen LogP contribution in [-0.4, -0.2) is 29.3 Å². The second-order valence-electron chi connectivity index (χ2n) is 4.74. The molecule has 106 valence electrons. The Morgan fingerprint density at radius 1 is 1.19 bits per heavy atom. The van der Waals surface area contributed by atoms with E-state index in [1.54, 1.807) is 11.1 Å². The predicted molar refractivity (Wildman–Crippen MR) is 82.3 cm³/mol. The van der Waals surface area contributed by atoms with Crippen molar-refractivity contribution in [3.63, 3.8) is 0 Å². The molecule has 3 rings (SSSR count). The Morgan fingerprint density at radius 2 is 1.95 bits per heavy atom. The van der Waals surface area contributed by atoms with E-state index in [0.717, 1.165) is 11.3 Å². The fourth-order valence-electron chi connectivity index (χ4n) is 2.48. The summed E-state index contributed by atoms with van der Waals surface area (Å²) in [4.78, 5) is 22.8. The average Bonchev–Trinajstić information content (AvgIpc) is 2.64. The first kappa shape index (κ1) is 13.5. The molecule has 0 aliphatic carbocycles. The highest BCUT2D eigenvalue weighted by atomic mass is 16.2. The maximum Gasteiger partial charge on any atom is 0.266 e. The van der Waals surface area contributed by atoms with Crippen LogP contribution in [0.3, 0.4) is 0 Å². The van der Waals surface area contributed by atoms with Crippen LogP contribution in [-0.2, 0) is 4.79 Å². The number of carbonyl (C=O) groups is 1. The summed E-state index contributed by atoms with van der Waals surface area (Å²) < 4.78 is 0. The van der Waals surface area contributed by atoms with E-state index in [1.807, 2.05) is 49.4 Å². The third kappa shape index (κ3) is 2.32. The molecular formula is C16H16N4O. The lowest BCUT2D eigenvalue weighted by Crippen LogP contribution is -2.42. The van der Waals surface area contributed by atoms with Gasteiger partial charge in [-0.25, -0.2) is 0 Å². The minimum absolute atomic E-state index is 0.198. The van der Waals surface area contributed by atoms with Gasteiger partial charge in [0.25, 0.3) is 5.91 Å². The zero-order valence-corrected chi connectivity index (χ0v) is 11.7. The van der Waals surface area contributed by atoms with Crippen LogP contribution < -0.4 is 10.6 Å². The first-order chi connectivity index (χ1) is 10.2. The Hall–Kier alpha value is -2.53. The zero-order valence-electron chi connectivity index (χ0n) is 11.7. The standard InChI is InChI=1S/C16H16N4O/c1-2-20-13-9-4-3-7-11(13)14(19-15(17)16(20)21)12-8-5-6-10-18-12/h3-10,15H,2,17H2,1H3. The van der Waals surface area contributed by atoms with Gasteiger partial charge in [-0.15, -0.1) is 0 Å². The molecule has 1 atom stereocenters. The van der Waals surface area contributed by atoms with Crippen molar-refractivity contribution in [3.8, 4) is 0 Å². The average molecular weight is 280 g/mol. The van der Waals surface area contributed by atoms with Gasteiger partial charge in [-0.2, -0.15) is 0 Å². The van der Waals surface area contributed by atoms with Crippen molar-refractivity contribution in [2.24, 2.45) is 10.7 Å². The van der Waals surface area contributed by atoms with Gasteiger partial charge < -0.3 is 10.6 Å². The van der Waals surface area contributed by atoms with Gasteiger partial charge in [0.15, 0.2) is 6.17 Å². The third-order valence-electron chi connectivity index (χ3n) is 3.46. The van der Waals surface area contributed by atoms with Crippen molar-refractivity contribution >= 4 is 17.3 Å². The van der Waals surface area contributed by atoms with Gasteiger partial charge in [-0.05, 0) is 25.1 Å². The largest absolute Gasteiger partial charge is 0.309 e. The molecule has 0 spiro atoms. The summed E-state index contributed by atoms with van der Waals surface area (Å²) in [5.74, 6) is -0.198. The summed E-state index contributed by atoms with van der Waals surface area (Å²) in [5.41, 5.74) is 9.01. The van der Waals surface area contributed by atoms with E-state index in [9.17, 15) is 4.79 Å². The molecule has 0 saturated heterocycles. The number of nitrogens with two attached hydrogens (primary N) is 1. The van der Waals surface area contributed by atoms with Gasteiger partial charge in [-0.1, -0.05) is 24.3 Å². The molecule has 0 fully saturated rings. The normalized spacial score (nSPS) is 18.0. The van der Waals surface area contributed by atoms with Crippen molar-refractivity contribution < 1.29 is 4.79 Å². The Bertz CT molecular complexity index is 696. The molecule has 2 heterocycles.